The van der Waals surface area contributed by atoms with Gasteiger partial charge in [0.2, 0.25) is 5.91 Å². The molecule has 1 saturated heterocycles. The first-order chi connectivity index (χ1) is 6.62. The van der Waals surface area contributed by atoms with Crippen molar-refractivity contribution in [2.24, 2.45) is 0 Å². The number of ether oxygens (including phenoxy) is 1. The van der Waals surface area contributed by atoms with Crippen LogP contribution in [-0.4, -0.2) is 31.8 Å². The fourth-order valence-electron chi connectivity index (χ4n) is 1.11. The third-order valence-electron chi connectivity index (χ3n) is 1.82. The Morgan fingerprint density at radius 3 is 2.36 bits per heavy atom. The van der Waals surface area contributed by atoms with Gasteiger partial charge in [-0.1, -0.05) is 0 Å². The van der Waals surface area contributed by atoms with Crippen LogP contribution in [0.5, 0.6) is 0 Å². The van der Waals surface area contributed by atoms with E-state index in [0.29, 0.717) is 6.61 Å². The summed E-state index contributed by atoms with van der Waals surface area (Å²) >= 11 is 0. The molecule has 1 aliphatic heterocycles. The monoisotopic (exact) mass is 226 g/mol. The molecule has 0 spiro atoms. The van der Waals surface area contributed by atoms with Crippen LogP contribution < -0.4 is 0 Å². The van der Waals surface area contributed by atoms with Gasteiger partial charge in [-0.3, -0.25) is 4.57 Å². The second kappa shape index (κ2) is 5.21. The lowest BCUT2D eigenvalue weighted by molar-refractivity contribution is 0.182. The van der Waals surface area contributed by atoms with E-state index >= 15 is 0 Å². The van der Waals surface area contributed by atoms with E-state index in [1.54, 1.807) is 13.8 Å². The molecule has 6 heteroatoms. The molecule has 1 heterocycles. The van der Waals surface area contributed by atoms with Crippen molar-refractivity contribution in [3.05, 3.63) is 0 Å². The Morgan fingerprint density at radius 2 is 2.00 bits per heavy atom. The summed E-state index contributed by atoms with van der Waals surface area (Å²) in [5, 5.41) is 0. The molecule has 2 atom stereocenters. The first-order valence-electron chi connectivity index (χ1n) is 4.76. The van der Waals surface area contributed by atoms with Crippen LogP contribution in [0.25, 0.3) is 0 Å². The van der Waals surface area contributed by atoms with Crippen molar-refractivity contribution in [3.8, 4) is 0 Å². The highest BCUT2D eigenvalue weighted by Gasteiger charge is 2.40. The number of epoxide rings is 1. The molecule has 0 N–H and O–H groups in total. The average Bonchev–Trinajstić information content (AvgIpc) is 2.89. The van der Waals surface area contributed by atoms with E-state index in [0.717, 1.165) is 0 Å². The normalized spacial score (nSPS) is 23.5. The van der Waals surface area contributed by atoms with Gasteiger partial charge in [-0.05, 0) is 13.8 Å². The molecule has 1 rings (SSSR count). The van der Waals surface area contributed by atoms with E-state index in [4.69, 9.17) is 13.8 Å². The van der Waals surface area contributed by atoms with Crippen LogP contribution in [0.1, 0.15) is 20.3 Å². The Bertz CT molecular complexity index is 209. The second-order valence-corrected chi connectivity index (χ2v) is 5.16. The van der Waals surface area contributed by atoms with Gasteiger partial charge in [0.15, 0.2) is 0 Å². The summed E-state index contributed by atoms with van der Waals surface area (Å²) in [6.07, 6.45) is -0.0173. The molecular formula is C8H16FO4P. The summed E-state index contributed by atoms with van der Waals surface area (Å²) in [7, 11) is -3.57. The van der Waals surface area contributed by atoms with Crippen molar-refractivity contribution in [3.63, 3.8) is 0 Å². The van der Waals surface area contributed by atoms with Crippen LogP contribution in [-0.2, 0) is 18.3 Å². The van der Waals surface area contributed by atoms with Crippen molar-refractivity contribution < 1.29 is 22.7 Å². The van der Waals surface area contributed by atoms with Crippen molar-refractivity contribution in [1.29, 1.82) is 0 Å². The summed E-state index contributed by atoms with van der Waals surface area (Å²) in [4.78, 5) is 0. The fraction of sp³-hybridized carbons (Fsp3) is 1.00. The number of hydrogen-bond acceptors (Lipinski definition) is 4. The third kappa shape index (κ3) is 3.31. The standard InChI is InChI=1S/C8H16FO4P/c1-3-12-14(10,13-4-2)8(9)5-7-6-11-7/h7-8H,3-6H2,1-2H3. The number of hydrogen-bond donors (Lipinski definition) is 0. The molecule has 0 aliphatic carbocycles. The van der Waals surface area contributed by atoms with Gasteiger partial charge in [0.1, 0.15) is 0 Å². The minimum atomic E-state index is -3.57. The summed E-state index contributed by atoms with van der Waals surface area (Å²) in [5.74, 6) is -1.57. The molecule has 0 radical (unpaired) electrons. The van der Waals surface area contributed by atoms with Crippen LogP contribution in [0.4, 0.5) is 4.39 Å². The fourth-order valence-corrected chi connectivity index (χ4v) is 2.72. The Balaban J connectivity index is 2.49. The smallest absolute Gasteiger partial charge is 0.364 e. The predicted octanol–water partition coefficient (Wildman–Crippen LogP) is 2.34. The molecule has 0 aromatic carbocycles. The molecule has 14 heavy (non-hydrogen) atoms. The topological polar surface area (TPSA) is 48.1 Å². The van der Waals surface area contributed by atoms with Gasteiger partial charge in [0.25, 0.3) is 0 Å². The summed E-state index contributed by atoms with van der Waals surface area (Å²) < 4.78 is 39.9. The predicted molar refractivity (Wildman–Crippen MR) is 50.1 cm³/mol. The molecule has 4 nitrogen and oxygen atoms in total. The maximum Gasteiger partial charge on any atom is 0.364 e. The minimum absolute atomic E-state index is 0.0945. The van der Waals surface area contributed by atoms with E-state index in [1.807, 2.05) is 0 Å². The van der Waals surface area contributed by atoms with Crippen molar-refractivity contribution in [2.75, 3.05) is 19.8 Å². The molecule has 0 saturated carbocycles. The van der Waals surface area contributed by atoms with E-state index in [-0.39, 0.29) is 25.7 Å². The highest BCUT2D eigenvalue weighted by molar-refractivity contribution is 7.54. The highest BCUT2D eigenvalue weighted by atomic mass is 31.2. The molecule has 0 amide bonds. The van der Waals surface area contributed by atoms with Gasteiger partial charge in [0, 0.05) is 6.42 Å². The second-order valence-electron chi connectivity index (χ2n) is 3.00. The number of alkyl halides is 1. The van der Waals surface area contributed by atoms with Crippen molar-refractivity contribution in [2.45, 2.75) is 32.3 Å². The maximum atomic E-state index is 13.5. The first-order valence-corrected chi connectivity index (χ1v) is 6.38. The third-order valence-corrected chi connectivity index (χ3v) is 3.95. The zero-order valence-corrected chi connectivity index (χ0v) is 9.34. The van der Waals surface area contributed by atoms with E-state index < -0.39 is 13.5 Å². The number of halogens is 1. The maximum absolute atomic E-state index is 13.5. The Labute approximate surface area is 83.3 Å². The van der Waals surface area contributed by atoms with E-state index in [2.05, 4.69) is 0 Å². The zero-order chi connectivity index (χ0) is 10.6. The van der Waals surface area contributed by atoms with Crippen LogP contribution in [0.15, 0.2) is 0 Å². The minimum Gasteiger partial charge on any atom is -0.373 e. The van der Waals surface area contributed by atoms with E-state index in [9.17, 15) is 8.96 Å². The van der Waals surface area contributed by atoms with Gasteiger partial charge in [0.05, 0.1) is 25.9 Å². The zero-order valence-electron chi connectivity index (χ0n) is 8.44. The molecule has 2 unspecified atom stereocenters. The summed E-state index contributed by atoms with van der Waals surface area (Å²) in [5.41, 5.74) is 0. The van der Waals surface area contributed by atoms with Gasteiger partial charge in [-0.25, -0.2) is 4.39 Å². The molecule has 84 valence electrons. The lowest BCUT2D eigenvalue weighted by Gasteiger charge is -2.19. The highest BCUT2D eigenvalue weighted by Crippen LogP contribution is 2.55. The van der Waals surface area contributed by atoms with Gasteiger partial charge < -0.3 is 13.8 Å². The van der Waals surface area contributed by atoms with Gasteiger partial charge in [-0.2, -0.15) is 0 Å². The summed E-state index contributed by atoms with van der Waals surface area (Å²) in [6, 6.07) is 0. The molecular weight excluding hydrogens is 210 g/mol. The Hall–Kier alpha value is 0.0400. The lowest BCUT2D eigenvalue weighted by atomic mass is 10.4. The van der Waals surface area contributed by atoms with Crippen LogP contribution >= 0.6 is 7.60 Å². The SMILES string of the molecule is CCOP(=O)(OCC)C(F)CC1CO1. The van der Waals surface area contributed by atoms with Crippen molar-refractivity contribution in [1.82, 2.24) is 0 Å². The van der Waals surface area contributed by atoms with Crippen LogP contribution in [0.3, 0.4) is 0 Å². The Morgan fingerprint density at radius 1 is 1.50 bits per heavy atom. The molecule has 1 aliphatic rings. The van der Waals surface area contributed by atoms with Crippen molar-refractivity contribution >= 4 is 7.60 Å². The molecule has 1 fully saturated rings. The molecule has 0 aromatic rings. The first kappa shape index (κ1) is 12.1. The van der Waals surface area contributed by atoms with Crippen LogP contribution in [0, 0.1) is 0 Å². The van der Waals surface area contributed by atoms with Gasteiger partial charge in [-0.15, -0.1) is 0 Å². The summed E-state index contributed by atoms with van der Waals surface area (Å²) in [6.45, 7) is 4.23. The van der Waals surface area contributed by atoms with Gasteiger partial charge >= 0.3 is 7.60 Å². The average molecular weight is 226 g/mol. The quantitative estimate of drug-likeness (QED) is 0.493. The lowest BCUT2D eigenvalue weighted by Crippen LogP contribution is -2.11. The Kier molecular flexibility index (Phi) is 4.51. The molecule has 0 aromatic heterocycles. The number of rotatable bonds is 7. The van der Waals surface area contributed by atoms with E-state index in [1.165, 1.54) is 0 Å². The largest absolute Gasteiger partial charge is 0.373 e. The molecule has 0 bridgehead atoms. The van der Waals surface area contributed by atoms with Crippen LogP contribution in [0.2, 0.25) is 0 Å².